The van der Waals surface area contributed by atoms with Crippen LogP contribution < -0.4 is 0 Å². The zero-order valence-electron chi connectivity index (χ0n) is 39.4. The highest BCUT2D eigenvalue weighted by atomic mass is 19.4. The third-order valence-corrected chi connectivity index (χ3v) is 14.5. The molecule has 382 valence electrons. The van der Waals surface area contributed by atoms with Crippen molar-refractivity contribution in [3.63, 3.8) is 0 Å². The molecule has 9 aromatic carbocycles. The van der Waals surface area contributed by atoms with Gasteiger partial charge in [-0.2, -0.15) is 63.2 Å². The topological polar surface area (TPSA) is 67.3 Å². The average molecular weight is 1060 g/mol. The van der Waals surface area contributed by atoms with Gasteiger partial charge in [-0.3, -0.25) is 0 Å². The molecule has 0 saturated heterocycles. The molecule has 0 aliphatic heterocycles. The fourth-order valence-corrected chi connectivity index (χ4v) is 11.3. The smallest absolute Gasteiger partial charge is 0.306 e. The minimum absolute atomic E-state index is 0.0328. The van der Waals surface area contributed by atoms with E-state index in [1.54, 1.807) is 106 Å². The Morgan fingerprint density at radius 3 is 0.731 bits per heavy atom. The van der Waals surface area contributed by atoms with Crippen molar-refractivity contribution in [2.24, 2.45) is 0 Å². The average Bonchev–Trinajstić information content (AvgIpc) is 4.13. The van der Waals surface area contributed by atoms with E-state index in [0.717, 1.165) is 57.7 Å². The van der Waals surface area contributed by atoms with Gasteiger partial charge in [0.1, 0.15) is 23.3 Å². The third kappa shape index (κ3) is 6.91. The van der Waals surface area contributed by atoms with E-state index < -0.39 is 91.5 Å². The zero-order valence-corrected chi connectivity index (χ0v) is 39.4. The lowest BCUT2D eigenvalue weighted by Gasteiger charge is -2.27. The molecule has 6 nitrogen and oxygen atoms in total. The predicted octanol–water partition coefficient (Wildman–Crippen LogP) is 17.9. The maximum atomic E-state index is 15.1. The van der Waals surface area contributed by atoms with Crippen molar-refractivity contribution in [2.45, 2.75) is 24.7 Å². The Hall–Kier alpha value is -9.68. The molecule has 0 saturated carbocycles. The van der Waals surface area contributed by atoms with E-state index in [2.05, 4.69) is 12.1 Å². The van der Waals surface area contributed by atoms with Crippen LogP contribution in [0.2, 0.25) is 0 Å². The van der Waals surface area contributed by atoms with Gasteiger partial charge in [0.2, 0.25) is 0 Å². The van der Waals surface area contributed by atoms with Crippen molar-refractivity contribution in [3.05, 3.63) is 203 Å². The molecule has 13 rings (SSSR count). The number of hydrogen-bond donors (Lipinski definition) is 0. The van der Waals surface area contributed by atoms with Crippen LogP contribution in [0.15, 0.2) is 170 Å². The van der Waals surface area contributed by atoms with Crippen LogP contribution >= 0.6 is 0 Å². The van der Waals surface area contributed by atoms with Gasteiger partial charge in [-0.05, 0) is 72.8 Å². The first-order chi connectivity index (χ1) is 37.2. The van der Waals surface area contributed by atoms with Crippen molar-refractivity contribution >= 4 is 87.2 Å². The highest BCUT2D eigenvalue weighted by Gasteiger charge is 2.39. The Morgan fingerprint density at radius 2 is 0.474 bits per heavy atom. The molecule has 0 bridgehead atoms. The number of nitriles is 2. The van der Waals surface area contributed by atoms with E-state index in [1.165, 1.54) is 0 Å². The summed E-state index contributed by atoms with van der Waals surface area (Å²) in [6, 6.07) is 41.5. The Labute approximate surface area is 430 Å². The lowest BCUT2D eigenvalue weighted by Crippen LogP contribution is -2.17. The normalized spacial score (nSPS) is 12.8. The third-order valence-electron chi connectivity index (χ3n) is 14.5. The summed E-state index contributed by atoms with van der Waals surface area (Å²) < 4.78 is 186. The van der Waals surface area contributed by atoms with E-state index in [0.29, 0.717) is 67.9 Å². The minimum atomic E-state index is -5.07. The largest absolute Gasteiger partial charge is 0.416 e. The van der Waals surface area contributed by atoms with Crippen molar-refractivity contribution in [2.75, 3.05) is 0 Å². The van der Waals surface area contributed by atoms with E-state index in [9.17, 15) is 36.9 Å². The lowest BCUT2D eigenvalue weighted by atomic mass is 9.98. The van der Waals surface area contributed by atoms with E-state index in [-0.39, 0.29) is 32.9 Å². The number of hydrogen-bond acceptors (Lipinski definition) is 2. The first kappa shape index (κ1) is 48.0. The van der Waals surface area contributed by atoms with Crippen LogP contribution in [0.1, 0.15) is 33.4 Å². The summed E-state index contributed by atoms with van der Waals surface area (Å²) in [6.07, 6.45) is -20.3. The summed E-state index contributed by atoms with van der Waals surface area (Å²) in [6.45, 7) is 0. The number of aromatic nitrogens is 4. The molecule has 0 amide bonds. The highest BCUT2D eigenvalue weighted by molar-refractivity contribution is 6.16. The van der Waals surface area contributed by atoms with E-state index in [1.807, 2.05) is 0 Å². The van der Waals surface area contributed by atoms with Crippen LogP contribution in [-0.4, -0.2) is 18.3 Å². The van der Waals surface area contributed by atoms with E-state index >= 15 is 26.3 Å². The molecule has 0 aliphatic rings. The number of nitrogens with zero attached hydrogens (tertiary/aromatic N) is 6. The number of rotatable bonds is 4. The molecular weight excluding hydrogens is 1030 g/mol. The van der Waals surface area contributed by atoms with Crippen LogP contribution in [0.25, 0.3) is 110 Å². The molecule has 0 atom stereocenters. The quantitative estimate of drug-likeness (QED) is 0.165. The molecule has 0 aliphatic carbocycles. The van der Waals surface area contributed by atoms with Crippen molar-refractivity contribution in [1.82, 2.24) is 18.3 Å². The standard InChI is InChI=1S/C60H28F12N6/c61-57(62,63)31-17-21-39-40-22-18-32(58(64,65)66)26-50(40)77(49(39)25-31)53-43(29-73)54(75-45-13-5-1-9-35(45)36-10-2-6-14-46(36)75)56(76-47-15-7-3-11-37(47)38-12-4-8-16-48(38)76)55(44(53)30-74)78-51-27-33(59(67,68)69)19-23-41(51)42-24-20-34(28-52(42)78)60(70,71)72/h1-28H. The van der Waals surface area contributed by atoms with Gasteiger partial charge >= 0.3 is 24.7 Å². The van der Waals surface area contributed by atoms with Crippen molar-refractivity contribution in [3.8, 4) is 34.9 Å². The number of para-hydroxylation sites is 4. The van der Waals surface area contributed by atoms with Crippen molar-refractivity contribution < 1.29 is 52.7 Å². The summed E-state index contributed by atoms with van der Waals surface area (Å²) >= 11 is 0. The fraction of sp³-hybridized carbons (Fsp3) is 0.0667. The Morgan fingerprint density at radius 1 is 0.256 bits per heavy atom. The second-order valence-corrected chi connectivity index (χ2v) is 18.7. The van der Waals surface area contributed by atoms with Crippen molar-refractivity contribution in [1.29, 1.82) is 10.5 Å². The summed E-state index contributed by atoms with van der Waals surface area (Å²) in [5.41, 5.74) is -8.09. The first-order valence-electron chi connectivity index (χ1n) is 23.7. The highest BCUT2D eigenvalue weighted by Crippen LogP contribution is 2.51. The molecule has 78 heavy (non-hydrogen) atoms. The molecule has 0 N–H and O–H groups in total. The second-order valence-electron chi connectivity index (χ2n) is 18.7. The predicted molar refractivity (Wildman–Crippen MR) is 273 cm³/mol. The summed E-state index contributed by atoms with van der Waals surface area (Å²) in [5.74, 6) is 0. The number of halogens is 12. The molecule has 18 heteroatoms. The molecule has 0 spiro atoms. The fourth-order valence-electron chi connectivity index (χ4n) is 11.3. The van der Waals surface area contributed by atoms with Gasteiger partial charge < -0.3 is 18.3 Å². The Balaban J connectivity index is 1.41. The molecule has 4 aromatic heterocycles. The zero-order chi connectivity index (χ0) is 54.5. The first-order valence-corrected chi connectivity index (χ1v) is 23.7. The van der Waals surface area contributed by atoms with Gasteiger partial charge in [0.25, 0.3) is 0 Å². The van der Waals surface area contributed by atoms with Crippen LogP contribution in [0.4, 0.5) is 52.7 Å². The van der Waals surface area contributed by atoms with Crippen LogP contribution in [-0.2, 0) is 24.7 Å². The lowest BCUT2D eigenvalue weighted by molar-refractivity contribution is -0.138. The molecule has 0 fully saturated rings. The molecule has 0 radical (unpaired) electrons. The minimum Gasteiger partial charge on any atom is -0.306 e. The van der Waals surface area contributed by atoms with Crippen LogP contribution in [0.3, 0.4) is 0 Å². The van der Waals surface area contributed by atoms with Gasteiger partial charge in [-0.15, -0.1) is 0 Å². The van der Waals surface area contributed by atoms with E-state index in [4.69, 9.17) is 0 Å². The summed E-state index contributed by atoms with van der Waals surface area (Å²) in [7, 11) is 0. The molecule has 0 unspecified atom stereocenters. The number of alkyl halides is 12. The monoisotopic (exact) mass is 1060 g/mol. The van der Waals surface area contributed by atoms with Crippen LogP contribution in [0, 0.1) is 22.7 Å². The maximum absolute atomic E-state index is 15.1. The Kier molecular flexibility index (Phi) is 10.1. The van der Waals surface area contributed by atoms with Gasteiger partial charge in [0, 0.05) is 43.1 Å². The van der Waals surface area contributed by atoms with Crippen LogP contribution in [0.5, 0.6) is 0 Å². The van der Waals surface area contributed by atoms with Gasteiger partial charge in [-0.25, -0.2) is 0 Å². The number of fused-ring (bicyclic) bond motifs is 12. The Bertz CT molecular complexity index is 4580. The van der Waals surface area contributed by atoms with Gasteiger partial charge in [-0.1, -0.05) is 97.1 Å². The summed E-state index contributed by atoms with van der Waals surface area (Å²) in [4.78, 5) is 0. The molecule has 13 aromatic rings. The molecular formula is C60H28F12N6. The molecule has 4 heterocycles. The summed E-state index contributed by atoms with van der Waals surface area (Å²) in [5, 5.41) is 26.3. The number of benzene rings is 9. The van der Waals surface area contributed by atoms with Gasteiger partial charge in [0.15, 0.2) is 0 Å². The van der Waals surface area contributed by atoms with Gasteiger partial charge in [0.05, 0.1) is 89.1 Å². The second kappa shape index (κ2) is 16.4. The SMILES string of the molecule is N#Cc1c(-n2c3cc(C(F)(F)F)ccc3c3ccc(C(F)(F)F)cc32)c(C#N)c(-n2c3cc(C(F)(F)F)ccc3c3ccc(C(F)(F)F)cc32)c(-n2c3ccccc3c3ccccc32)c1-n1c2ccccc2c2ccccc21. The maximum Gasteiger partial charge on any atom is 0.416 e.